The molecule has 1 aliphatic rings. The van der Waals surface area contributed by atoms with E-state index >= 15 is 0 Å². The third-order valence-corrected chi connectivity index (χ3v) is 5.59. The summed E-state index contributed by atoms with van der Waals surface area (Å²) in [5.74, 6) is 0. The van der Waals surface area contributed by atoms with Crippen LogP contribution in [0.4, 0.5) is 11.4 Å². The Balaban J connectivity index is 2.17. The predicted octanol–water partition coefficient (Wildman–Crippen LogP) is 2.72. The fourth-order valence-electron chi connectivity index (χ4n) is 2.05. The molecule has 0 aliphatic heterocycles. The Morgan fingerprint density at radius 3 is 2.53 bits per heavy atom. The Bertz CT molecular complexity index is 510. The standard InChI is InChI=1S/C11H15BrN2O2S/c12-10-6-5-8(7-11(10)13)14-17(15,16)9-3-1-2-4-9/h5-7,9,14H,1-4,13H2. The van der Waals surface area contributed by atoms with E-state index in [1.807, 2.05) is 0 Å². The van der Waals surface area contributed by atoms with Crippen LogP contribution in [0.5, 0.6) is 0 Å². The van der Waals surface area contributed by atoms with Gasteiger partial charge in [-0.05, 0) is 47.0 Å². The van der Waals surface area contributed by atoms with Gasteiger partial charge in [0.25, 0.3) is 0 Å². The normalized spacial score (nSPS) is 17.2. The minimum atomic E-state index is -3.26. The zero-order valence-corrected chi connectivity index (χ0v) is 11.7. The number of sulfonamides is 1. The molecular formula is C11H15BrN2O2S. The van der Waals surface area contributed by atoms with Gasteiger partial charge in [-0.2, -0.15) is 0 Å². The van der Waals surface area contributed by atoms with Gasteiger partial charge in [-0.1, -0.05) is 12.8 Å². The van der Waals surface area contributed by atoms with Gasteiger partial charge in [0.05, 0.1) is 10.9 Å². The molecule has 0 amide bonds. The third kappa shape index (κ3) is 2.93. The number of benzene rings is 1. The first-order chi connectivity index (χ1) is 7.99. The highest BCUT2D eigenvalue weighted by Crippen LogP contribution is 2.28. The van der Waals surface area contributed by atoms with Crippen molar-refractivity contribution in [3.8, 4) is 0 Å². The van der Waals surface area contributed by atoms with Crippen molar-refractivity contribution in [1.29, 1.82) is 0 Å². The van der Waals surface area contributed by atoms with Crippen molar-refractivity contribution in [2.45, 2.75) is 30.9 Å². The van der Waals surface area contributed by atoms with E-state index in [2.05, 4.69) is 20.7 Å². The first-order valence-electron chi connectivity index (χ1n) is 5.56. The fraction of sp³-hybridized carbons (Fsp3) is 0.455. The van der Waals surface area contributed by atoms with Crippen molar-refractivity contribution < 1.29 is 8.42 Å². The molecule has 3 N–H and O–H groups in total. The van der Waals surface area contributed by atoms with E-state index in [1.165, 1.54) is 0 Å². The molecule has 0 heterocycles. The van der Waals surface area contributed by atoms with Crippen LogP contribution in [0.2, 0.25) is 0 Å². The number of nitrogen functional groups attached to an aromatic ring is 1. The molecule has 1 aliphatic carbocycles. The summed E-state index contributed by atoms with van der Waals surface area (Å²) in [6.45, 7) is 0. The molecule has 0 aromatic heterocycles. The van der Waals surface area contributed by atoms with Crippen molar-refractivity contribution in [3.05, 3.63) is 22.7 Å². The lowest BCUT2D eigenvalue weighted by molar-refractivity contribution is 0.585. The van der Waals surface area contributed by atoms with Crippen molar-refractivity contribution in [1.82, 2.24) is 0 Å². The van der Waals surface area contributed by atoms with Crippen molar-refractivity contribution in [2.75, 3.05) is 10.5 Å². The first-order valence-corrected chi connectivity index (χ1v) is 7.89. The van der Waals surface area contributed by atoms with Crippen LogP contribution in [0.3, 0.4) is 0 Å². The van der Waals surface area contributed by atoms with Crippen LogP contribution in [0, 0.1) is 0 Å². The second-order valence-corrected chi connectivity index (χ2v) is 7.10. The molecule has 17 heavy (non-hydrogen) atoms. The van der Waals surface area contributed by atoms with Crippen molar-refractivity contribution in [2.24, 2.45) is 0 Å². The molecule has 1 aromatic rings. The average molecular weight is 319 g/mol. The van der Waals surface area contributed by atoms with Gasteiger partial charge >= 0.3 is 0 Å². The maximum atomic E-state index is 12.0. The molecule has 1 saturated carbocycles. The van der Waals surface area contributed by atoms with Crippen LogP contribution >= 0.6 is 15.9 Å². The summed E-state index contributed by atoms with van der Waals surface area (Å²) in [5, 5.41) is -0.257. The van der Waals surface area contributed by atoms with Gasteiger partial charge in [-0.3, -0.25) is 4.72 Å². The summed E-state index contributed by atoms with van der Waals surface area (Å²) in [5.41, 5.74) is 6.76. The predicted molar refractivity (Wildman–Crippen MR) is 73.4 cm³/mol. The van der Waals surface area contributed by atoms with E-state index in [9.17, 15) is 8.42 Å². The second kappa shape index (κ2) is 4.86. The minimum absolute atomic E-state index is 0.257. The monoisotopic (exact) mass is 318 g/mol. The average Bonchev–Trinajstić information content (AvgIpc) is 2.77. The number of halogens is 1. The number of hydrogen-bond donors (Lipinski definition) is 2. The molecule has 1 fully saturated rings. The van der Waals surface area contributed by atoms with Gasteiger partial charge in [0.15, 0.2) is 0 Å². The largest absolute Gasteiger partial charge is 0.398 e. The molecule has 6 heteroatoms. The first kappa shape index (κ1) is 12.7. The summed E-state index contributed by atoms with van der Waals surface area (Å²) in [6.07, 6.45) is 3.49. The lowest BCUT2D eigenvalue weighted by atomic mass is 10.3. The highest BCUT2D eigenvalue weighted by atomic mass is 79.9. The number of anilines is 2. The lowest BCUT2D eigenvalue weighted by Gasteiger charge is -2.13. The number of hydrogen-bond acceptors (Lipinski definition) is 3. The van der Waals surface area contributed by atoms with Gasteiger partial charge < -0.3 is 5.73 Å². The lowest BCUT2D eigenvalue weighted by Crippen LogP contribution is -2.25. The topological polar surface area (TPSA) is 72.2 Å². The smallest absolute Gasteiger partial charge is 0.235 e. The maximum Gasteiger partial charge on any atom is 0.235 e. The molecule has 0 atom stereocenters. The van der Waals surface area contributed by atoms with E-state index < -0.39 is 10.0 Å². The Labute approximate surface area is 110 Å². The van der Waals surface area contributed by atoms with Gasteiger partial charge in [0, 0.05) is 10.2 Å². The van der Waals surface area contributed by atoms with E-state index in [0.717, 1.165) is 30.2 Å². The molecule has 4 nitrogen and oxygen atoms in total. The number of rotatable bonds is 3. The van der Waals surface area contributed by atoms with Crippen molar-refractivity contribution >= 4 is 37.3 Å². The van der Waals surface area contributed by atoms with Gasteiger partial charge in [0.2, 0.25) is 10.0 Å². The maximum absolute atomic E-state index is 12.0. The molecule has 0 saturated heterocycles. The highest BCUT2D eigenvalue weighted by molar-refractivity contribution is 9.10. The van der Waals surface area contributed by atoms with Gasteiger partial charge in [-0.25, -0.2) is 8.42 Å². The molecule has 0 spiro atoms. The molecule has 94 valence electrons. The molecule has 0 bridgehead atoms. The molecular weight excluding hydrogens is 304 g/mol. The Hall–Kier alpha value is -0.750. The van der Waals surface area contributed by atoms with E-state index in [0.29, 0.717) is 11.4 Å². The van der Waals surface area contributed by atoms with Crippen LogP contribution in [-0.4, -0.2) is 13.7 Å². The highest BCUT2D eigenvalue weighted by Gasteiger charge is 2.28. The zero-order valence-electron chi connectivity index (χ0n) is 9.32. The molecule has 0 radical (unpaired) electrons. The Morgan fingerprint density at radius 2 is 1.94 bits per heavy atom. The van der Waals surface area contributed by atoms with Gasteiger partial charge in [-0.15, -0.1) is 0 Å². The van der Waals surface area contributed by atoms with Gasteiger partial charge in [0.1, 0.15) is 0 Å². The van der Waals surface area contributed by atoms with Crippen LogP contribution in [0.1, 0.15) is 25.7 Å². The summed E-state index contributed by atoms with van der Waals surface area (Å²) in [6, 6.07) is 5.06. The SMILES string of the molecule is Nc1cc(NS(=O)(=O)C2CCCC2)ccc1Br. The van der Waals surface area contributed by atoms with Crippen LogP contribution in [0.15, 0.2) is 22.7 Å². The number of nitrogens with two attached hydrogens (primary N) is 1. The summed E-state index contributed by atoms with van der Waals surface area (Å²) in [7, 11) is -3.26. The second-order valence-electron chi connectivity index (χ2n) is 4.29. The third-order valence-electron chi connectivity index (χ3n) is 3.00. The minimum Gasteiger partial charge on any atom is -0.398 e. The summed E-state index contributed by atoms with van der Waals surface area (Å²) < 4.78 is 27.4. The zero-order chi connectivity index (χ0) is 12.5. The Kier molecular flexibility index (Phi) is 3.63. The van der Waals surface area contributed by atoms with Crippen molar-refractivity contribution in [3.63, 3.8) is 0 Å². The molecule has 2 rings (SSSR count). The van der Waals surface area contributed by atoms with Crippen LogP contribution in [-0.2, 0) is 10.0 Å². The summed E-state index contributed by atoms with van der Waals surface area (Å²) in [4.78, 5) is 0. The van der Waals surface area contributed by atoms with E-state index in [1.54, 1.807) is 18.2 Å². The Morgan fingerprint density at radius 1 is 1.29 bits per heavy atom. The quantitative estimate of drug-likeness (QED) is 0.842. The number of nitrogens with one attached hydrogen (secondary N) is 1. The molecule has 1 aromatic carbocycles. The van der Waals surface area contributed by atoms with E-state index in [4.69, 9.17) is 5.73 Å². The fourth-order valence-corrected chi connectivity index (χ4v) is 3.88. The summed E-state index contributed by atoms with van der Waals surface area (Å²) >= 11 is 3.27. The molecule has 0 unspecified atom stereocenters. The van der Waals surface area contributed by atoms with Crippen LogP contribution < -0.4 is 10.5 Å². The van der Waals surface area contributed by atoms with E-state index in [-0.39, 0.29) is 5.25 Å². The van der Waals surface area contributed by atoms with Crippen LogP contribution in [0.25, 0.3) is 0 Å².